The van der Waals surface area contributed by atoms with Crippen LogP contribution in [0.15, 0.2) is 36.2 Å². The molecule has 2 atom stereocenters. The van der Waals surface area contributed by atoms with Crippen molar-refractivity contribution >= 4 is 17.4 Å². The van der Waals surface area contributed by atoms with Crippen LogP contribution in [0.25, 0.3) is 0 Å². The molecule has 3 rings (SSSR count). The minimum atomic E-state index is -0.0806. The number of carbonyl (C=O) groups excluding carboxylic acids is 1. The molecule has 1 aliphatic rings. The van der Waals surface area contributed by atoms with Crippen LogP contribution in [0.2, 0.25) is 0 Å². The summed E-state index contributed by atoms with van der Waals surface area (Å²) in [5.74, 6) is 0.559. The molecule has 5 nitrogen and oxygen atoms in total. The smallest absolute Gasteiger partial charge is 0.315 e. The summed E-state index contributed by atoms with van der Waals surface area (Å²) in [6, 6.07) is 4.30. The number of thiophene rings is 1. The van der Waals surface area contributed by atoms with Crippen molar-refractivity contribution in [2.45, 2.75) is 51.2 Å². The van der Waals surface area contributed by atoms with Gasteiger partial charge in [-0.1, -0.05) is 18.9 Å². The minimum absolute atomic E-state index is 0.0526. The van der Waals surface area contributed by atoms with Gasteiger partial charge in [-0.25, -0.2) is 9.78 Å². The maximum atomic E-state index is 12.4. The van der Waals surface area contributed by atoms with Crippen molar-refractivity contribution in [3.8, 4) is 0 Å². The van der Waals surface area contributed by atoms with Crippen LogP contribution >= 0.6 is 11.3 Å². The summed E-state index contributed by atoms with van der Waals surface area (Å²) in [4.78, 5) is 17.7. The van der Waals surface area contributed by atoms with Crippen LogP contribution in [0.3, 0.4) is 0 Å². The molecular formula is C17H24N4OS. The lowest BCUT2D eigenvalue weighted by atomic mass is 9.97. The standard InChI is InChI=1S/C17H24N4OS/c1-13(11-21-9-8-18-12-21)19-17(22)20-16(14-5-2-3-6-14)15-7-4-10-23-15/h4,7-10,12-14,16H,2-3,5-6,11H2,1H3,(H2,19,20,22)/t13-,16+/m0/s1. The number of nitrogens with zero attached hydrogens (tertiary/aromatic N) is 2. The Labute approximate surface area is 141 Å². The fraction of sp³-hybridized carbons (Fsp3) is 0.529. The Bertz CT molecular complexity index is 590. The number of imidazole rings is 1. The molecular weight excluding hydrogens is 308 g/mol. The van der Waals surface area contributed by atoms with E-state index in [1.54, 1.807) is 23.9 Å². The molecule has 2 N–H and O–H groups in total. The van der Waals surface area contributed by atoms with E-state index in [1.807, 2.05) is 17.7 Å². The first-order chi connectivity index (χ1) is 11.2. The van der Waals surface area contributed by atoms with Crippen LogP contribution in [0.1, 0.15) is 43.5 Å². The molecule has 0 bridgehead atoms. The highest BCUT2D eigenvalue weighted by molar-refractivity contribution is 7.10. The summed E-state index contributed by atoms with van der Waals surface area (Å²) in [6.07, 6.45) is 10.4. The van der Waals surface area contributed by atoms with Crippen LogP contribution in [-0.2, 0) is 6.54 Å². The van der Waals surface area contributed by atoms with Crippen LogP contribution in [0.5, 0.6) is 0 Å². The quantitative estimate of drug-likeness (QED) is 0.849. The molecule has 0 radical (unpaired) electrons. The Hall–Kier alpha value is -1.82. The third kappa shape index (κ3) is 4.34. The second-order valence-corrected chi connectivity index (χ2v) is 7.30. The monoisotopic (exact) mass is 332 g/mol. The van der Waals surface area contributed by atoms with Gasteiger partial charge in [-0.2, -0.15) is 0 Å². The number of rotatable bonds is 6. The lowest BCUT2D eigenvalue weighted by Gasteiger charge is -2.25. The number of aromatic nitrogens is 2. The number of hydrogen-bond donors (Lipinski definition) is 2. The first kappa shape index (κ1) is 16.1. The molecule has 1 aliphatic carbocycles. The molecule has 6 heteroatoms. The number of nitrogens with one attached hydrogen (secondary N) is 2. The van der Waals surface area contributed by atoms with Crippen molar-refractivity contribution in [3.05, 3.63) is 41.1 Å². The number of urea groups is 1. The van der Waals surface area contributed by atoms with Gasteiger partial charge in [-0.05, 0) is 37.1 Å². The fourth-order valence-corrected chi connectivity index (χ4v) is 4.21. The Morgan fingerprint density at radius 3 is 2.91 bits per heavy atom. The summed E-state index contributed by atoms with van der Waals surface area (Å²) >= 11 is 1.73. The van der Waals surface area contributed by atoms with Gasteiger partial charge in [0.1, 0.15) is 0 Å². The molecule has 0 aliphatic heterocycles. The average Bonchev–Trinajstić information content (AvgIpc) is 3.27. The largest absolute Gasteiger partial charge is 0.335 e. The molecule has 0 unspecified atom stereocenters. The molecule has 2 aromatic rings. The summed E-state index contributed by atoms with van der Waals surface area (Å²) in [5, 5.41) is 8.33. The number of carbonyl (C=O) groups is 1. The van der Waals surface area contributed by atoms with Crippen LogP contribution in [0.4, 0.5) is 4.79 Å². The highest BCUT2D eigenvalue weighted by Crippen LogP contribution is 2.37. The van der Waals surface area contributed by atoms with E-state index in [-0.39, 0.29) is 18.1 Å². The Kier molecular flexibility index (Phi) is 5.33. The lowest BCUT2D eigenvalue weighted by molar-refractivity contribution is 0.227. The molecule has 0 saturated heterocycles. The molecule has 2 heterocycles. The molecule has 23 heavy (non-hydrogen) atoms. The maximum Gasteiger partial charge on any atom is 0.315 e. The second kappa shape index (κ2) is 7.64. The van der Waals surface area contributed by atoms with E-state index in [0.29, 0.717) is 5.92 Å². The minimum Gasteiger partial charge on any atom is -0.335 e. The molecule has 1 fully saturated rings. The van der Waals surface area contributed by atoms with E-state index in [1.165, 1.54) is 30.6 Å². The van der Waals surface area contributed by atoms with Crippen molar-refractivity contribution in [1.82, 2.24) is 20.2 Å². The fourth-order valence-electron chi connectivity index (χ4n) is 3.34. The molecule has 2 aromatic heterocycles. The Morgan fingerprint density at radius 1 is 1.43 bits per heavy atom. The van der Waals surface area contributed by atoms with E-state index in [2.05, 4.69) is 33.1 Å². The summed E-state index contributed by atoms with van der Waals surface area (Å²) in [7, 11) is 0. The highest BCUT2D eigenvalue weighted by atomic mass is 32.1. The average molecular weight is 332 g/mol. The first-order valence-electron chi connectivity index (χ1n) is 8.28. The van der Waals surface area contributed by atoms with Crippen LogP contribution < -0.4 is 10.6 Å². The van der Waals surface area contributed by atoms with Crippen LogP contribution in [0, 0.1) is 5.92 Å². The van der Waals surface area contributed by atoms with Gasteiger partial charge in [-0.3, -0.25) is 0 Å². The van der Waals surface area contributed by atoms with E-state index in [0.717, 1.165) is 6.54 Å². The van der Waals surface area contributed by atoms with E-state index < -0.39 is 0 Å². The molecule has 0 spiro atoms. The second-order valence-electron chi connectivity index (χ2n) is 6.32. The van der Waals surface area contributed by atoms with Crippen molar-refractivity contribution in [1.29, 1.82) is 0 Å². The van der Waals surface area contributed by atoms with Gasteiger partial charge >= 0.3 is 6.03 Å². The van der Waals surface area contributed by atoms with Gasteiger partial charge in [-0.15, -0.1) is 11.3 Å². The van der Waals surface area contributed by atoms with Gasteiger partial charge < -0.3 is 15.2 Å². The van der Waals surface area contributed by atoms with Crippen LogP contribution in [-0.4, -0.2) is 21.6 Å². The zero-order chi connectivity index (χ0) is 16.1. The normalized spacial score (nSPS) is 17.8. The third-order valence-electron chi connectivity index (χ3n) is 4.43. The summed E-state index contributed by atoms with van der Waals surface area (Å²) < 4.78 is 1.97. The highest BCUT2D eigenvalue weighted by Gasteiger charge is 2.28. The van der Waals surface area contributed by atoms with Gasteiger partial charge in [0.2, 0.25) is 0 Å². The van der Waals surface area contributed by atoms with E-state index in [4.69, 9.17) is 0 Å². The lowest BCUT2D eigenvalue weighted by Crippen LogP contribution is -2.45. The van der Waals surface area contributed by atoms with Gasteiger partial charge in [0.05, 0.1) is 12.4 Å². The predicted octanol–water partition coefficient (Wildman–Crippen LogP) is 3.56. The van der Waals surface area contributed by atoms with Gasteiger partial charge in [0.15, 0.2) is 0 Å². The molecule has 1 saturated carbocycles. The van der Waals surface area contributed by atoms with Crippen molar-refractivity contribution < 1.29 is 4.79 Å². The predicted molar refractivity (Wildman–Crippen MR) is 92.4 cm³/mol. The Morgan fingerprint density at radius 2 is 2.26 bits per heavy atom. The number of hydrogen-bond acceptors (Lipinski definition) is 3. The van der Waals surface area contributed by atoms with E-state index in [9.17, 15) is 4.79 Å². The maximum absolute atomic E-state index is 12.4. The molecule has 124 valence electrons. The Balaban J connectivity index is 1.57. The van der Waals surface area contributed by atoms with Crippen molar-refractivity contribution in [2.75, 3.05) is 0 Å². The summed E-state index contributed by atoms with van der Waals surface area (Å²) in [6.45, 7) is 2.73. The van der Waals surface area contributed by atoms with Gasteiger partial charge in [0.25, 0.3) is 0 Å². The topological polar surface area (TPSA) is 59.0 Å². The van der Waals surface area contributed by atoms with Crippen molar-refractivity contribution in [2.24, 2.45) is 5.92 Å². The molecule has 0 aromatic carbocycles. The number of amides is 2. The van der Waals surface area contributed by atoms with Gasteiger partial charge in [0, 0.05) is 29.9 Å². The first-order valence-corrected chi connectivity index (χ1v) is 9.16. The van der Waals surface area contributed by atoms with Crippen molar-refractivity contribution in [3.63, 3.8) is 0 Å². The van der Waals surface area contributed by atoms with E-state index >= 15 is 0 Å². The zero-order valence-electron chi connectivity index (χ0n) is 13.4. The zero-order valence-corrected chi connectivity index (χ0v) is 14.3. The SMILES string of the molecule is C[C@@H](Cn1ccnc1)NC(=O)N[C@@H](c1cccs1)C1CCCC1. The molecule has 2 amide bonds. The third-order valence-corrected chi connectivity index (χ3v) is 5.38. The summed E-state index contributed by atoms with van der Waals surface area (Å²) in [5.41, 5.74) is 0.